The number of rotatable bonds is 11. The number of fused-ring (bicyclic) bond motifs is 1. The fourth-order valence-electron chi connectivity index (χ4n) is 5.06. The normalized spacial score (nSPS) is 11.4. The Balaban J connectivity index is 1.55. The molecule has 5 rings (SSSR count). The zero-order valence-electron chi connectivity index (χ0n) is 26.9. The van der Waals surface area contributed by atoms with Crippen LogP contribution in [0.3, 0.4) is 0 Å². The molecule has 12 heteroatoms. The summed E-state index contributed by atoms with van der Waals surface area (Å²) in [5.41, 5.74) is 3.82. The van der Waals surface area contributed by atoms with E-state index in [0.717, 1.165) is 22.4 Å². The molecule has 0 unspecified atom stereocenters. The number of nitrogens with zero attached hydrogens (tertiary/aromatic N) is 3. The van der Waals surface area contributed by atoms with Gasteiger partial charge in [-0.3, -0.25) is 9.59 Å². The molecule has 1 amide bonds. The van der Waals surface area contributed by atoms with Gasteiger partial charge in [0.05, 0.1) is 35.3 Å². The van der Waals surface area contributed by atoms with E-state index in [1.165, 1.54) is 35.2 Å². The number of anilines is 1. The van der Waals surface area contributed by atoms with Crippen LogP contribution in [0.25, 0.3) is 22.3 Å². The molecule has 0 spiro atoms. The van der Waals surface area contributed by atoms with Crippen LogP contribution < -0.4 is 25.1 Å². The molecule has 9 nitrogen and oxygen atoms in total. The molecule has 1 heterocycles. The van der Waals surface area contributed by atoms with Gasteiger partial charge in [-0.05, 0) is 117 Å². The van der Waals surface area contributed by atoms with Crippen molar-refractivity contribution in [2.24, 2.45) is 5.10 Å². The summed E-state index contributed by atoms with van der Waals surface area (Å²) >= 11 is 7.17. The molecule has 0 bridgehead atoms. The van der Waals surface area contributed by atoms with Crippen molar-refractivity contribution in [2.45, 2.75) is 33.6 Å². The Morgan fingerprint density at radius 1 is 1.04 bits per heavy atom. The van der Waals surface area contributed by atoms with Gasteiger partial charge >= 0.3 is 0 Å². The minimum absolute atomic E-state index is 0.156. The summed E-state index contributed by atoms with van der Waals surface area (Å²) in [6.45, 7) is 7.90. The third-order valence-corrected chi connectivity index (χ3v) is 9.58. The SMILES string of the molecule is CCOc1cc(C=Nn2c(-c3cc(C(C)C)c(OC)cc3C)nc3ccccc3c2=O)c(Br)c(Br)c1OCC(=O)Nc1ccc(F)cc1. The summed E-state index contributed by atoms with van der Waals surface area (Å²) in [5.74, 6) is 1.08. The molecule has 0 atom stereocenters. The first-order valence-electron chi connectivity index (χ1n) is 15.1. The van der Waals surface area contributed by atoms with Crippen LogP contribution in [0.1, 0.15) is 43.4 Å². The first-order chi connectivity index (χ1) is 23.0. The van der Waals surface area contributed by atoms with Gasteiger partial charge in [-0.25, -0.2) is 9.37 Å². The van der Waals surface area contributed by atoms with Gasteiger partial charge in [0.25, 0.3) is 11.5 Å². The average molecular weight is 780 g/mol. The number of methoxy groups -OCH3 is 1. The van der Waals surface area contributed by atoms with E-state index >= 15 is 0 Å². The Labute approximate surface area is 294 Å². The van der Waals surface area contributed by atoms with Crippen molar-refractivity contribution in [3.63, 3.8) is 0 Å². The molecule has 0 saturated carbocycles. The van der Waals surface area contributed by atoms with E-state index in [0.29, 0.717) is 49.3 Å². The van der Waals surface area contributed by atoms with Gasteiger partial charge in [-0.2, -0.15) is 9.78 Å². The van der Waals surface area contributed by atoms with Crippen LogP contribution in [0.2, 0.25) is 0 Å². The van der Waals surface area contributed by atoms with Crippen LogP contribution in [0.4, 0.5) is 10.1 Å². The Hall–Kier alpha value is -4.55. The molecule has 0 aliphatic rings. The maximum Gasteiger partial charge on any atom is 0.282 e. The van der Waals surface area contributed by atoms with Crippen LogP contribution in [0, 0.1) is 12.7 Å². The van der Waals surface area contributed by atoms with Crippen LogP contribution in [-0.2, 0) is 4.79 Å². The van der Waals surface area contributed by atoms with Crippen LogP contribution in [0.15, 0.2) is 85.6 Å². The van der Waals surface area contributed by atoms with Gasteiger partial charge in [0.15, 0.2) is 23.9 Å². The fourth-order valence-corrected chi connectivity index (χ4v) is 5.99. The zero-order chi connectivity index (χ0) is 34.5. The Morgan fingerprint density at radius 3 is 2.46 bits per heavy atom. The smallest absolute Gasteiger partial charge is 0.282 e. The molecule has 1 aromatic heterocycles. The molecule has 4 aromatic carbocycles. The Bertz CT molecular complexity index is 2080. The minimum atomic E-state index is -0.442. The Morgan fingerprint density at radius 2 is 1.77 bits per heavy atom. The summed E-state index contributed by atoms with van der Waals surface area (Å²) in [6, 6.07) is 18.2. The monoisotopic (exact) mass is 778 g/mol. The first kappa shape index (κ1) is 34.8. The summed E-state index contributed by atoms with van der Waals surface area (Å²) in [5, 5.41) is 7.76. The quantitative estimate of drug-likeness (QED) is 0.135. The lowest BCUT2D eigenvalue weighted by Gasteiger charge is -2.18. The molecule has 0 aliphatic heterocycles. The molecule has 248 valence electrons. The number of carbonyl (C=O) groups excluding carboxylic acids is 1. The zero-order valence-corrected chi connectivity index (χ0v) is 30.1. The molecule has 5 aromatic rings. The number of hydrogen-bond acceptors (Lipinski definition) is 7. The highest BCUT2D eigenvalue weighted by atomic mass is 79.9. The average Bonchev–Trinajstić information content (AvgIpc) is 3.07. The second-order valence-corrected chi connectivity index (χ2v) is 12.7. The number of nitrogens with one attached hydrogen (secondary N) is 1. The lowest BCUT2D eigenvalue weighted by Crippen LogP contribution is -2.21. The van der Waals surface area contributed by atoms with Gasteiger partial charge in [-0.15, -0.1) is 0 Å². The van der Waals surface area contributed by atoms with Crippen molar-refractivity contribution in [3.8, 4) is 28.6 Å². The van der Waals surface area contributed by atoms with Crippen molar-refractivity contribution in [3.05, 3.63) is 109 Å². The van der Waals surface area contributed by atoms with E-state index in [2.05, 4.69) is 56.1 Å². The Kier molecular flexibility index (Phi) is 11.0. The largest absolute Gasteiger partial charge is 0.496 e. The number of halogens is 3. The molecule has 0 saturated heterocycles. The molecule has 0 aliphatic carbocycles. The van der Waals surface area contributed by atoms with E-state index < -0.39 is 11.7 Å². The number of para-hydroxylation sites is 1. The standard InChI is InChI=1S/C36H33Br2FN4O5/c1-6-47-30-16-22(32(37)33(38)34(30)48-19-31(44)41-24-13-11-23(39)12-14-24)18-40-43-35(42-28-10-8-7-9-25(28)36(43)45)27-17-26(20(2)3)29(46-5)15-21(27)4/h7-18,20H,6,19H2,1-5H3,(H,41,44). The number of amides is 1. The van der Waals surface area contributed by atoms with Crippen molar-refractivity contribution in [1.29, 1.82) is 0 Å². The van der Waals surface area contributed by atoms with Gasteiger partial charge in [-0.1, -0.05) is 26.0 Å². The second kappa shape index (κ2) is 15.1. The summed E-state index contributed by atoms with van der Waals surface area (Å²) in [6.07, 6.45) is 1.53. The lowest BCUT2D eigenvalue weighted by atomic mass is 9.96. The molecule has 0 fully saturated rings. The predicted octanol–water partition coefficient (Wildman–Crippen LogP) is 8.47. The maximum absolute atomic E-state index is 13.9. The van der Waals surface area contributed by atoms with Crippen LogP contribution >= 0.6 is 31.9 Å². The number of benzene rings is 4. The number of aromatic nitrogens is 2. The highest BCUT2D eigenvalue weighted by Gasteiger charge is 2.21. The molecule has 0 radical (unpaired) electrons. The van der Waals surface area contributed by atoms with Gasteiger partial charge in [0.2, 0.25) is 0 Å². The number of hydrogen-bond donors (Lipinski definition) is 1. The van der Waals surface area contributed by atoms with Gasteiger partial charge in [0, 0.05) is 21.3 Å². The molecular weight excluding hydrogens is 747 g/mol. The lowest BCUT2D eigenvalue weighted by molar-refractivity contribution is -0.118. The highest BCUT2D eigenvalue weighted by molar-refractivity contribution is 9.13. The van der Waals surface area contributed by atoms with Crippen molar-refractivity contribution in [1.82, 2.24) is 9.66 Å². The minimum Gasteiger partial charge on any atom is -0.496 e. The van der Waals surface area contributed by atoms with E-state index in [-0.39, 0.29) is 23.8 Å². The van der Waals surface area contributed by atoms with Crippen molar-refractivity contribution < 1.29 is 23.4 Å². The second-order valence-electron chi connectivity index (χ2n) is 11.1. The first-order valence-corrected chi connectivity index (χ1v) is 16.7. The van der Waals surface area contributed by atoms with Crippen molar-refractivity contribution >= 4 is 60.6 Å². The van der Waals surface area contributed by atoms with Crippen molar-refractivity contribution in [2.75, 3.05) is 25.6 Å². The molecule has 1 N–H and O–H groups in total. The van der Waals surface area contributed by atoms with E-state index in [9.17, 15) is 14.0 Å². The van der Waals surface area contributed by atoms with Gasteiger partial charge < -0.3 is 19.5 Å². The summed E-state index contributed by atoms with van der Waals surface area (Å²) in [7, 11) is 1.64. The third-order valence-electron chi connectivity index (χ3n) is 7.44. The van der Waals surface area contributed by atoms with E-state index in [1.54, 1.807) is 31.4 Å². The number of ether oxygens (including phenoxy) is 3. The third kappa shape index (κ3) is 7.44. The predicted molar refractivity (Wildman–Crippen MR) is 193 cm³/mol. The van der Waals surface area contributed by atoms with Crippen LogP contribution in [-0.4, -0.2) is 42.1 Å². The molecule has 48 heavy (non-hydrogen) atoms. The summed E-state index contributed by atoms with van der Waals surface area (Å²) < 4.78 is 33.0. The fraction of sp³-hybridized carbons (Fsp3) is 0.222. The molecular formula is C36H33Br2FN4O5. The van der Waals surface area contributed by atoms with E-state index in [4.69, 9.17) is 19.2 Å². The van der Waals surface area contributed by atoms with Crippen LogP contribution in [0.5, 0.6) is 17.2 Å². The summed E-state index contributed by atoms with van der Waals surface area (Å²) in [4.78, 5) is 31.4. The maximum atomic E-state index is 13.9. The van der Waals surface area contributed by atoms with Gasteiger partial charge in [0.1, 0.15) is 11.6 Å². The van der Waals surface area contributed by atoms with E-state index in [1.807, 2.05) is 32.0 Å². The number of aryl methyl sites for hydroxylation is 1. The topological polar surface area (TPSA) is 104 Å². The highest BCUT2D eigenvalue weighted by Crippen LogP contribution is 2.42. The number of carbonyl (C=O) groups is 1.